The zero-order valence-corrected chi connectivity index (χ0v) is 19.1. The van der Waals surface area contributed by atoms with E-state index in [1.165, 1.54) is 19.2 Å². The normalized spacial score (nSPS) is 12.5. The number of ether oxygens (including phenoxy) is 1. The fourth-order valence-corrected chi connectivity index (χ4v) is 3.95. The van der Waals surface area contributed by atoms with E-state index in [0.29, 0.717) is 17.7 Å². The molecule has 2 aromatic rings. The van der Waals surface area contributed by atoms with Gasteiger partial charge in [0.1, 0.15) is 16.4 Å². The highest BCUT2D eigenvalue weighted by Crippen LogP contribution is 2.26. The van der Waals surface area contributed by atoms with Crippen molar-refractivity contribution in [1.82, 2.24) is 4.90 Å². The molecule has 0 aromatic heterocycles. The third-order valence-corrected chi connectivity index (χ3v) is 6.14. The molecule has 0 bridgehead atoms. The second kappa shape index (κ2) is 10.5. The molecular weight excluding hydrogens is 402 g/mol. The van der Waals surface area contributed by atoms with Gasteiger partial charge in [-0.2, -0.15) is 8.42 Å². The van der Waals surface area contributed by atoms with Crippen LogP contribution in [0.4, 0.5) is 0 Å². The van der Waals surface area contributed by atoms with Crippen LogP contribution in [0.2, 0.25) is 0 Å². The van der Waals surface area contributed by atoms with Gasteiger partial charge in [0, 0.05) is 24.6 Å². The van der Waals surface area contributed by atoms with Crippen molar-refractivity contribution in [1.29, 1.82) is 0 Å². The Morgan fingerprint density at radius 2 is 1.67 bits per heavy atom. The van der Waals surface area contributed by atoms with Gasteiger partial charge in [0.05, 0.1) is 7.11 Å². The van der Waals surface area contributed by atoms with Crippen molar-refractivity contribution in [2.45, 2.75) is 58.0 Å². The van der Waals surface area contributed by atoms with Gasteiger partial charge in [0.15, 0.2) is 0 Å². The van der Waals surface area contributed by atoms with Crippen LogP contribution in [0.25, 0.3) is 0 Å². The summed E-state index contributed by atoms with van der Waals surface area (Å²) in [6.07, 6.45) is 1.24. The Morgan fingerprint density at radius 1 is 1.03 bits per heavy atom. The zero-order chi connectivity index (χ0) is 22.3. The molecule has 1 atom stereocenters. The lowest BCUT2D eigenvalue weighted by Crippen LogP contribution is -2.38. The highest BCUT2D eigenvalue weighted by atomic mass is 32.2. The van der Waals surface area contributed by atoms with Gasteiger partial charge >= 0.3 is 10.1 Å². The van der Waals surface area contributed by atoms with Gasteiger partial charge in [-0.1, -0.05) is 39.0 Å². The van der Waals surface area contributed by atoms with Gasteiger partial charge < -0.3 is 13.8 Å². The summed E-state index contributed by atoms with van der Waals surface area (Å²) in [5.41, 5.74) is 0.645. The monoisotopic (exact) mass is 433 g/mol. The average molecular weight is 434 g/mol. The maximum absolute atomic E-state index is 12.8. The quantitative estimate of drug-likeness (QED) is 0.511. The fourth-order valence-electron chi connectivity index (χ4n) is 2.98. The van der Waals surface area contributed by atoms with Crippen molar-refractivity contribution in [3.8, 4) is 11.5 Å². The number of amides is 1. The lowest BCUT2D eigenvalue weighted by Gasteiger charge is -2.30. The maximum Gasteiger partial charge on any atom is 0.339 e. The predicted octanol–water partition coefficient (Wildman–Crippen LogP) is 4.64. The van der Waals surface area contributed by atoms with Crippen molar-refractivity contribution in [3.63, 3.8) is 0 Å². The van der Waals surface area contributed by atoms with E-state index in [-0.39, 0.29) is 35.1 Å². The highest BCUT2D eigenvalue weighted by Gasteiger charge is 2.23. The molecule has 0 saturated carbocycles. The van der Waals surface area contributed by atoms with Gasteiger partial charge in [-0.25, -0.2) is 0 Å². The molecule has 0 heterocycles. The number of hydrogen-bond acceptors (Lipinski definition) is 5. The third-order valence-electron chi connectivity index (χ3n) is 4.89. The summed E-state index contributed by atoms with van der Waals surface area (Å²) in [5, 5.41) is 0. The number of carbonyl (C=O) groups excluding carboxylic acids is 1. The van der Waals surface area contributed by atoms with Gasteiger partial charge in [-0.05, 0) is 49.6 Å². The SMILES string of the molecule is CCC(C)N(Cc1ccccc1OS(=O)(=O)c1ccc(OC)cc1)C(=O)CC(C)C. The molecule has 1 amide bonds. The molecule has 0 N–H and O–H groups in total. The minimum Gasteiger partial charge on any atom is -0.497 e. The number of hydrogen-bond donors (Lipinski definition) is 0. The molecule has 2 rings (SSSR count). The molecular formula is C23H31NO5S. The van der Waals surface area contributed by atoms with Crippen molar-refractivity contribution in [2.24, 2.45) is 5.92 Å². The average Bonchev–Trinajstić information content (AvgIpc) is 2.71. The first-order chi connectivity index (χ1) is 14.2. The minimum atomic E-state index is -4.02. The Labute approximate surface area is 179 Å². The molecule has 0 aliphatic carbocycles. The van der Waals surface area contributed by atoms with Crippen molar-refractivity contribution in [2.75, 3.05) is 7.11 Å². The van der Waals surface area contributed by atoms with E-state index in [0.717, 1.165) is 6.42 Å². The van der Waals surface area contributed by atoms with Crippen LogP contribution in [0.5, 0.6) is 11.5 Å². The van der Waals surface area contributed by atoms with Crippen molar-refractivity contribution >= 4 is 16.0 Å². The summed E-state index contributed by atoms with van der Waals surface area (Å²) < 4.78 is 36.1. The second-order valence-corrected chi connectivity index (χ2v) is 9.24. The van der Waals surface area contributed by atoms with Gasteiger partial charge in [-0.15, -0.1) is 0 Å². The first-order valence-electron chi connectivity index (χ1n) is 10.1. The van der Waals surface area contributed by atoms with Crippen LogP contribution in [-0.4, -0.2) is 32.4 Å². The maximum atomic E-state index is 12.8. The lowest BCUT2D eigenvalue weighted by molar-refractivity contribution is -0.134. The van der Waals surface area contributed by atoms with E-state index >= 15 is 0 Å². The van der Waals surface area contributed by atoms with Crippen LogP contribution in [0.15, 0.2) is 53.4 Å². The summed E-state index contributed by atoms with van der Waals surface area (Å²) in [5.74, 6) is 1.07. The molecule has 164 valence electrons. The number of methoxy groups -OCH3 is 1. The van der Waals surface area contributed by atoms with Gasteiger partial charge in [0.25, 0.3) is 0 Å². The predicted molar refractivity (Wildman–Crippen MR) is 117 cm³/mol. The smallest absolute Gasteiger partial charge is 0.339 e. The van der Waals surface area contributed by atoms with Crippen LogP contribution in [0, 0.1) is 5.92 Å². The molecule has 7 heteroatoms. The molecule has 1 unspecified atom stereocenters. The van der Waals surface area contributed by atoms with Crippen molar-refractivity contribution in [3.05, 3.63) is 54.1 Å². The first-order valence-corrected chi connectivity index (χ1v) is 11.5. The largest absolute Gasteiger partial charge is 0.497 e. The van der Waals surface area contributed by atoms with E-state index in [1.54, 1.807) is 35.2 Å². The van der Waals surface area contributed by atoms with Crippen molar-refractivity contribution < 1.29 is 22.1 Å². The molecule has 2 aromatic carbocycles. The van der Waals surface area contributed by atoms with E-state index in [1.807, 2.05) is 33.8 Å². The van der Waals surface area contributed by atoms with Gasteiger partial charge in [0.2, 0.25) is 5.91 Å². The minimum absolute atomic E-state index is 0.0301. The molecule has 6 nitrogen and oxygen atoms in total. The Morgan fingerprint density at radius 3 is 2.23 bits per heavy atom. The summed E-state index contributed by atoms with van der Waals surface area (Å²) in [7, 11) is -2.51. The summed E-state index contributed by atoms with van der Waals surface area (Å²) in [4.78, 5) is 14.6. The lowest BCUT2D eigenvalue weighted by atomic mass is 10.1. The standard InChI is InChI=1S/C23H31NO5S/c1-6-18(4)24(23(25)15-17(2)3)16-19-9-7-8-10-22(19)29-30(26,27)21-13-11-20(28-5)12-14-21/h7-14,17-18H,6,15-16H2,1-5H3. The number of para-hydroxylation sites is 1. The third kappa shape index (κ3) is 6.23. The molecule has 0 fully saturated rings. The van der Waals surface area contributed by atoms with Crippen LogP contribution < -0.4 is 8.92 Å². The number of benzene rings is 2. The Bertz CT molecular complexity index is 938. The van der Waals surface area contributed by atoms with Gasteiger partial charge in [-0.3, -0.25) is 4.79 Å². The van der Waals surface area contributed by atoms with Crippen LogP contribution in [0.3, 0.4) is 0 Å². The topological polar surface area (TPSA) is 72.9 Å². The number of rotatable bonds is 10. The summed E-state index contributed by atoms with van der Waals surface area (Å²) in [6.45, 7) is 8.32. The molecule has 0 aliphatic rings. The molecule has 0 aliphatic heterocycles. The molecule has 0 radical (unpaired) electrons. The number of carbonyl (C=O) groups is 1. The fraction of sp³-hybridized carbons (Fsp3) is 0.435. The Hall–Kier alpha value is -2.54. The van der Waals surface area contributed by atoms with E-state index in [9.17, 15) is 13.2 Å². The number of nitrogens with zero attached hydrogens (tertiary/aromatic N) is 1. The molecule has 0 spiro atoms. The molecule has 0 saturated heterocycles. The Kier molecular flexibility index (Phi) is 8.29. The van der Waals surface area contributed by atoms with E-state index in [4.69, 9.17) is 8.92 Å². The second-order valence-electron chi connectivity index (χ2n) is 7.70. The van der Waals surface area contributed by atoms with E-state index in [2.05, 4.69) is 0 Å². The zero-order valence-electron chi connectivity index (χ0n) is 18.3. The Balaban J connectivity index is 2.30. The van der Waals surface area contributed by atoms with Crippen LogP contribution in [-0.2, 0) is 21.5 Å². The van der Waals surface area contributed by atoms with Crippen LogP contribution >= 0.6 is 0 Å². The first kappa shape index (κ1) is 23.7. The van der Waals surface area contributed by atoms with E-state index < -0.39 is 10.1 Å². The van der Waals surface area contributed by atoms with Crippen LogP contribution in [0.1, 0.15) is 46.1 Å². The summed E-state index contributed by atoms with van der Waals surface area (Å²) in [6, 6.07) is 13.0. The molecule has 30 heavy (non-hydrogen) atoms. The highest BCUT2D eigenvalue weighted by molar-refractivity contribution is 7.87. The summed E-state index contributed by atoms with van der Waals surface area (Å²) >= 11 is 0.